The van der Waals surface area contributed by atoms with Crippen LogP contribution in [-0.4, -0.2) is 29.5 Å². The van der Waals surface area contributed by atoms with Gasteiger partial charge in [0.2, 0.25) is 6.10 Å². The van der Waals surface area contributed by atoms with Crippen molar-refractivity contribution in [1.82, 2.24) is 5.73 Å². The first-order chi connectivity index (χ1) is 6.34. The summed E-state index contributed by atoms with van der Waals surface area (Å²) >= 11 is 0. The number of nitrogens with one attached hydrogen (secondary N) is 1. The molecule has 77 valence electrons. The van der Waals surface area contributed by atoms with E-state index in [4.69, 9.17) is 5.73 Å². The van der Waals surface area contributed by atoms with Crippen LogP contribution in [-0.2, 0) is 23.9 Å². The summed E-state index contributed by atoms with van der Waals surface area (Å²) in [6.45, 7) is 2.20. The van der Waals surface area contributed by atoms with Gasteiger partial charge in [-0.25, -0.2) is 0 Å². The standard InChI is InChI=1S/C8H10NO5/c1-4(10)3-6(12)14-7(5(2)11)8(9)13/h7,9H,3H2,1-2H3. The number of ether oxygens (including phenoxy) is 1. The van der Waals surface area contributed by atoms with Crippen LogP contribution < -0.4 is 5.73 Å². The van der Waals surface area contributed by atoms with Crippen molar-refractivity contribution in [3.05, 3.63) is 0 Å². The number of rotatable bonds is 5. The molecule has 0 aromatic carbocycles. The van der Waals surface area contributed by atoms with E-state index in [-0.39, 0.29) is 0 Å². The predicted octanol–water partition coefficient (Wildman–Crippen LogP) is -0.724. The molecule has 0 aliphatic carbocycles. The average molecular weight is 200 g/mol. The Hall–Kier alpha value is -1.72. The number of ketones is 2. The minimum Gasteiger partial charge on any atom is -0.444 e. The quantitative estimate of drug-likeness (QED) is 0.430. The Morgan fingerprint density at radius 3 is 2.00 bits per heavy atom. The van der Waals surface area contributed by atoms with E-state index in [0.29, 0.717) is 0 Å². The third kappa shape index (κ3) is 4.34. The molecule has 0 fully saturated rings. The lowest BCUT2D eigenvalue weighted by Crippen LogP contribution is -2.34. The van der Waals surface area contributed by atoms with Crippen LogP contribution in [0.2, 0.25) is 0 Å². The first-order valence-electron chi connectivity index (χ1n) is 3.79. The smallest absolute Gasteiger partial charge is 0.314 e. The third-order valence-corrected chi connectivity index (χ3v) is 1.25. The van der Waals surface area contributed by atoms with Crippen LogP contribution >= 0.6 is 0 Å². The second-order valence-corrected chi connectivity index (χ2v) is 2.72. The van der Waals surface area contributed by atoms with Gasteiger partial charge in [0.05, 0.1) is 0 Å². The fourth-order valence-electron chi connectivity index (χ4n) is 0.697. The second-order valence-electron chi connectivity index (χ2n) is 2.72. The Kier molecular flexibility index (Phi) is 4.48. The van der Waals surface area contributed by atoms with Crippen LogP contribution in [0.25, 0.3) is 0 Å². The van der Waals surface area contributed by atoms with Crippen LogP contribution in [0, 0.1) is 0 Å². The zero-order chi connectivity index (χ0) is 11.3. The van der Waals surface area contributed by atoms with Gasteiger partial charge in [-0.3, -0.25) is 24.9 Å². The Balaban J connectivity index is 4.31. The fraction of sp³-hybridized carbons (Fsp3) is 0.500. The van der Waals surface area contributed by atoms with Gasteiger partial charge >= 0.3 is 5.97 Å². The number of Topliss-reactive ketones (excluding diaryl/α,β-unsaturated/α-hetero) is 2. The SMILES string of the molecule is CC(=O)CC(=O)OC(C(C)=O)C([NH])=O. The first kappa shape index (κ1) is 12.3. The highest BCUT2D eigenvalue weighted by atomic mass is 16.6. The summed E-state index contributed by atoms with van der Waals surface area (Å²) in [6.07, 6.45) is -2.21. The van der Waals surface area contributed by atoms with Gasteiger partial charge in [0.15, 0.2) is 5.78 Å². The second kappa shape index (κ2) is 5.11. The minimum atomic E-state index is -1.71. The highest BCUT2D eigenvalue weighted by molar-refractivity contribution is 6.04. The van der Waals surface area contributed by atoms with Crippen molar-refractivity contribution in [2.75, 3.05) is 0 Å². The third-order valence-electron chi connectivity index (χ3n) is 1.25. The van der Waals surface area contributed by atoms with E-state index in [1.54, 1.807) is 0 Å². The van der Waals surface area contributed by atoms with Gasteiger partial charge in [-0.15, -0.1) is 0 Å². The molecule has 1 unspecified atom stereocenters. The minimum absolute atomic E-state index is 0.435. The summed E-state index contributed by atoms with van der Waals surface area (Å²) in [5, 5.41) is 0. The van der Waals surface area contributed by atoms with Crippen molar-refractivity contribution < 1.29 is 23.9 Å². The molecule has 0 aliphatic heterocycles. The highest BCUT2D eigenvalue weighted by Gasteiger charge is 2.25. The molecule has 0 spiro atoms. The molecule has 14 heavy (non-hydrogen) atoms. The topological polar surface area (TPSA) is 101 Å². The highest BCUT2D eigenvalue weighted by Crippen LogP contribution is 1.98. The molecule has 0 saturated heterocycles. The normalized spacial score (nSPS) is 11.6. The van der Waals surface area contributed by atoms with Gasteiger partial charge in [-0.05, 0) is 13.8 Å². The summed E-state index contributed by atoms with van der Waals surface area (Å²) in [5.41, 5.74) is 6.62. The molecule has 1 amide bonds. The van der Waals surface area contributed by atoms with Crippen LogP contribution in [0.1, 0.15) is 20.3 Å². The molecule has 1 atom stereocenters. The van der Waals surface area contributed by atoms with E-state index < -0.39 is 36.0 Å². The number of esters is 1. The van der Waals surface area contributed by atoms with Gasteiger partial charge < -0.3 is 4.74 Å². The molecule has 0 bridgehead atoms. The van der Waals surface area contributed by atoms with E-state index in [1.807, 2.05) is 0 Å². The molecule has 0 rings (SSSR count). The van der Waals surface area contributed by atoms with Crippen molar-refractivity contribution in [3.63, 3.8) is 0 Å². The summed E-state index contributed by atoms with van der Waals surface area (Å²) in [5.74, 6) is -3.44. The van der Waals surface area contributed by atoms with E-state index >= 15 is 0 Å². The Morgan fingerprint density at radius 2 is 1.71 bits per heavy atom. The Bertz CT molecular complexity index is 269. The molecule has 0 saturated carbocycles. The van der Waals surface area contributed by atoms with E-state index in [2.05, 4.69) is 4.74 Å². The largest absolute Gasteiger partial charge is 0.444 e. The molecule has 6 nitrogen and oxygen atoms in total. The molecule has 0 aliphatic rings. The van der Waals surface area contributed by atoms with E-state index in [9.17, 15) is 19.2 Å². The number of hydrogen-bond acceptors (Lipinski definition) is 5. The predicted molar refractivity (Wildman–Crippen MR) is 44.0 cm³/mol. The molecule has 0 heterocycles. The molecule has 1 radical (unpaired) electrons. The van der Waals surface area contributed by atoms with Gasteiger partial charge in [-0.2, -0.15) is 0 Å². The van der Waals surface area contributed by atoms with Crippen molar-refractivity contribution in [2.24, 2.45) is 0 Å². The lowest BCUT2D eigenvalue weighted by molar-refractivity contribution is -0.160. The van der Waals surface area contributed by atoms with Gasteiger partial charge in [0.1, 0.15) is 12.2 Å². The molecular formula is C8H10NO5. The monoisotopic (exact) mass is 200 g/mol. The maximum atomic E-state index is 10.8. The Morgan fingerprint density at radius 1 is 1.21 bits per heavy atom. The number of hydrogen-bond donors (Lipinski definition) is 0. The zero-order valence-corrected chi connectivity index (χ0v) is 7.83. The molecule has 1 N–H and O–H groups in total. The van der Waals surface area contributed by atoms with Crippen LogP contribution in [0.3, 0.4) is 0 Å². The maximum Gasteiger partial charge on any atom is 0.314 e. The van der Waals surface area contributed by atoms with Crippen molar-refractivity contribution in [1.29, 1.82) is 0 Å². The zero-order valence-electron chi connectivity index (χ0n) is 7.83. The van der Waals surface area contributed by atoms with Gasteiger partial charge in [-0.1, -0.05) is 0 Å². The molecule has 6 heteroatoms. The van der Waals surface area contributed by atoms with Crippen molar-refractivity contribution >= 4 is 23.4 Å². The van der Waals surface area contributed by atoms with Crippen molar-refractivity contribution in [3.8, 4) is 0 Å². The Labute approximate surface area is 80.4 Å². The van der Waals surface area contributed by atoms with E-state index in [0.717, 1.165) is 6.92 Å². The van der Waals surface area contributed by atoms with Gasteiger partial charge in [0, 0.05) is 0 Å². The lowest BCUT2D eigenvalue weighted by Gasteiger charge is -2.09. The first-order valence-corrected chi connectivity index (χ1v) is 3.79. The van der Waals surface area contributed by atoms with Gasteiger partial charge in [0.25, 0.3) is 5.91 Å². The summed E-state index contributed by atoms with van der Waals surface area (Å²) in [6, 6.07) is 0. The van der Waals surface area contributed by atoms with E-state index in [1.165, 1.54) is 6.92 Å². The molecule has 0 aromatic heterocycles. The van der Waals surface area contributed by atoms with Crippen molar-refractivity contribution in [2.45, 2.75) is 26.4 Å². The number of amides is 1. The number of carbonyl (C=O) groups excluding carboxylic acids is 4. The number of carbonyl (C=O) groups is 4. The summed E-state index contributed by atoms with van der Waals surface area (Å²) in [4.78, 5) is 42.5. The van der Waals surface area contributed by atoms with Crippen LogP contribution in [0.15, 0.2) is 0 Å². The summed E-state index contributed by atoms with van der Waals surface area (Å²) in [7, 11) is 0. The van der Waals surface area contributed by atoms with Crippen LogP contribution in [0.4, 0.5) is 0 Å². The fourth-order valence-corrected chi connectivity index (χ4v) is 0.697. The molecular weight excluding hydrogens is 190 g/mol. The average Bonchev–Trinajstić information content (AvgIpc) is 1.97. The van der Waals surface area contributed by atoms with Crippen LogP contribution in [0.5, 0.6) is 0 Å². The summed E-state index contributed by atoms with van der Waals surface area (Å²) < 4.78 is 4.34. The molecule has 0 aromatic rings. The lowest BCUT2D eigenvalue weighted by atomic mass is 10.2. The maximum absolute atomic E-state index is 10.8.